The van der Waals surface area contributed by atoms with Gasteiger partial charge in [-0.15, -0.1) is 0 Å². The van der Waals surface area contributed by atoms with E-state index in [1.54, 1.807) is 0 Å². The molecular formula is C25H29N3O2S. The number of benzene rings is 2. The molecule has 0 aliphatic heterocycles. The topological polar surface area (TPSA) is 55.2 Å². The lowest BCUT2D eigenvalue weighted by Crippen LogP contribution is -2.34. The monoisotopic (exact) mass is 435 g/mol. The van der Waals surface area contributed by atoms with Crippen LogP contribution in [0, 0.1) is 0 Å². The second-order valence-corrected chi connectivity index (χ2v) is 9.02. The predicted octanol–water partition coefficient (Wildman–Crippen LogP) is 5.21. The Kier molecular flexibility index (Phi) is 6.76. The number of thioether (sulfide) groups is 1. The predicted molar refractivity (Wildman–Crippen MR) is 126 cm³/mol. The minimum absolute atomic E-state index is 0.00194. The Hall–Kier alpha value is -2.60. The van der Waals surface area contributed by atoms with E-state index in [1.807, 2.05) is 77.9 Å². The summed E-state index contributed by atoms with van der Waals surface area (Å²) in [6, 6.07) is 17.5. The molecule has 31 heavy (non-hydrogen) atoms. The number of nitrogens with zero attached hydrogens (tertiary/aromatic N) is 3. The summed E-state index contributed by atoms with van der Waals surface area (Å²) < 4.78 is 1.87. The van der Waals surface area contributed by atoms with Crippen LogP contribution in [0.15, 0.2) is 64.5 Å². The third-order valence-corrected chi connectivity index (χ3v) is 7.30. The number of carbonyl (C=O) groups is 1. The average Bonchev–Trinajstić information content (AvgIpc) is 3.33. The molecule has 5 nitrogen and oxygen atoms in total. The number of aromatic nitrogens is 2. The second-order valence-electron chi connectivity index (χ2n) is 7.94. The van der Waals surface area contributed by atoms with Gasteiger partial charge >= 0.3 is 0 Å². The third kappa shape index (κ3) is 4.40. The van der Waals surface area contributed by atoms with Crippen molar-refractivity contribution in [3.05, 3.63) is 70.5 Å². The molecule has 0 spiro atoms. The molecule has 0 N–H and O–H groups in total. The quantitative estimate of drug-likeness (QED) is 0.377. The van der Waals surface area contributed by atoms with Crippen LogP contribution in [0.3, 0.4) is 0 Å². The number of carbonyl (C=O) groups excluding carboxylic acids is 1. The number of hydrogen-bond acceptors (Lipinski definition) is 4. The Morgan fingerprint density at radius 3 is 2.39 bits per heavy atom. The van der Waals surface area contributed by atoms with E-state index in [9.17, 15) is 9.59 Å². The van der Waals surface area contributed by atoms with E-state index in [0.717, 1.165) is 31.2 Å². The Labute approximate surface area is 187 Å². The van der Waals surface area contributed by atoms with Gasteiger partial charge in [0.15, 0.2) is 5.16 Å². The SMILES string of the molecule is CCN(CC)C(=O)C(Sc1nc2ccccc2c(=O)n1C1CCCC1)c1ccccc1. The number of hydrogen-bond donors (Lipinski definition) is 0. The molecular weight excluding hydrogens is 406 g/mol. The fourth-order valence-electron chi connectivity index (χ4n) is 4.39. The molecule has 1 aromatic heterocycles. The molecule has 1 fully saturated rings. The van der Waals surface area contributed by atoms with Crippen molar-refractivity contribution in [1.29, 1.82) is 0 Å². The van der Waals surface area contributed by atoms with Crippen LogP contribution in [-0.2, 0) is 4.79 Å². The normalized spacial score (nSPS) is 15.3. The van der Waals surface area contributed by atoms with Crippen molar-refractivity contribution in [2.24, 2.45) is 0 Å². The highest BCUT2D eigenvalue weighted by atomic mass is 32.2. The molecule has 1 atom stereocenters. The summed E-state index contributed by atoms with van der Waals surface area (Å²) in [7, 11) is 0. The molecule has 0 radical (unpaired) electrons. The van der Waals surface area contributed by atoms with Gasteiger partial charge in [0, 0.05) is 19.1 Å². The van der Waals surface area contributed by atoms with Gasteiger partial charge in [-0.3, -0.25) is 14.2 Å². The Morgan fingerprint density at radius 2 is 1.71 bits per heavy atom. The van der Waals surface area contributed by atoms with Gasteiger partial charge in [0.05, 0.1) is 10.9 Å². The number of para-hydroxylation sites is 1. The highest BCUT2D eigenvalue weighted by molar-refractivity contribution is 8.00. The highest BCUT2D eigenvalue weighted by Crippen LogP contribution is 2.39. The molecule has 1 heterocycles. The number of amides is 1. The van der Waals surface area contributed by atoms with Gasteiger partial charge in [-0.1, -0.05) is 67.1 Å². The van der Waals surface area contributed by atoms with Crippen molar-refractivity contribution < 1.29 is 4.79 Å². The van der Waals surface area contributed by atoms with Crippen LogP contribution in [-0.4, -0.2) is 33.4 Å². The Morgan fingerprint density at radius 1 is 1.06 bits per heavy atom. The first-order valence-electron chi connectivity index (χ1n) is 11.2. The molecule has 1 amide bonds. The molecule has 1 aliphatic rings. The van der Waals surface area contributed by atoms with Crippen LogP contribution in [0.25, 0.3) is 10.9 Å². The maximum absolute atomic E-state index is 13.5. The van der Waals surface area contributed by atoms with Crippen LogP contribution in [0.1, 0.15) is 56.4 Å². The Balaban J connectivity index is 1.84. The molecule has 1 saturated carbocycles. The molecule has 0 bridgehead atoms. The van der Waals surface area contributed by atoms with Crippen LogP contribution in [0.4, 0.5) is 0 Å². The molecule has 4 rings (SSSR count). The molecule has 162 valence electrons. The summed E-state index contributed by atoms with van der Waals surface area (Å²) in [6.07, 6.45) is 4.20. The first-order chi connectivity index (χ1) is 15.1. The van der Waals surface area contributed by atoms with Gasteiger partial charge < -0.3 is 4.90 Å². The van der Waals surface area contributed by atoms with E-state index in [-0.39, 0.29) is 17.5 Å². The van der Waals surface area contributed by atoms with E-state index in [1.165, 1.54) is 11.8 Å². The largest absolute Gasteiger partial charge is 0.342 e. The van der Waals surface area contributed by atoms with Crippen molar-refractivity contribution in [3.8, 4) is 0 Å². The van der Waals surface area contributed by atoms with Crippen molar-refractivity contribution in [1.82, 2.24) is 14.5 Å². The van der Waals surface area contributed by atoms with Crippen molar-refractivity contribution in [3.63, 3.8) is 0 Å². The van der Waals surface area contributed by atoms with E-state index in [2.05, 4.69) is 0 Å². The molecule has 1 aliphatic carbocycles. The highest BCUT2D eigenvalue weighted by Gasteiger charge is 2.30. The number of rotatable bonds is 7. The van der Waals surface area contributed by atoms with Gasteiger partial charge in [-0.05, 0) is 44.4 Å². The fraction of sp³-hybridized carbons (Fsp3) is 0.400. The first-order valence-corrected chi connectivity index (χ1v) is 12.0. The standard InChI is InChI=1S/C25H29N3O2S/c1-3-27(4-2)24(30)22(18-12-6-5-7-13-18)31-25-26-21-17-11-10-16-20(21)23(29)28(25)19-14-8-9-15-19/h5-7,10-13,16-17,19,22H,3-4,8-9,14-15H2,1-2H3. The summed E-state index contributed by atoms with van der Waals surface area (Å²) in [5, 5.41) is 0.844. The van der Waals surface area contributed by atoms with Crippen LogP contribution in [0.5, 0.6) is 0 Å². The van der Waals surface area contributed by atoms with E-state index < -0.39 is 5.25 Å². The molecule has 1 unspecified atom stereocenters. The van der Waals surface area contributed by atoms with Gasteiger partial charge in [0.25, 0.3) is 5.56 Å². The summed E-state index contributed by atoms with van der Waals surface area (Å²) in [4.78, 5) is 33.7. The van der Waals surface area contributed by atoms with Crippen LogP contribution < -0.4 is 5.56 Å². The van der Waals surface area contributed by atoms with E-state index in [4.69, 9.17) is 4.98 Å². The number of fused-ring (bicyclic) bond motifs is 1. The molecule has 3 aromatic rings. The van der Waals surface area contributed by atoms with Crippen LogP contribution in [0.2, 0.25) is 0 Å². The molecule has 0 saturated heterocycles. The maximum Gasteiger partial charge on any atom is 0.262 e. The summed E-state index contributed by atoms with van der Waals surface area (Å²) >= 11 is 1.41. The lowest BCUT2D eigenvalue weighted by Gasteiger charge is -2.26. The zero-order valence-electron chi connectivity index (χ0n) is 18.2. The van der Waals surface area contributed by atoms with Gasteiger partial charge in [-0.2, -0.15) is 0 Å². The summed E-state index contributed by atoms with van der Waals surface area (Å²) in [5.41, 5.74) is 1.62. The number of likely N-dealkylation sites (N-methyl/N-ethyl adjacent to an activating group) is 1. The third-order valence-electron chi connectivity index (χ3n) is 6.09. The smallest absolute Gasteiger partial charge is 0.262 e. The molecule has 2 aromatic carbocycles. The second kappa shape index (κ2) is 9.69. The van der Waals surface area contributed by atoms with Crippen molar-refractivity contribution >= 4 is 28.6 Å². The fourth-order valence-corrected chi connectivity index (χ4v) is 5.64. The zero-order valence-corrected chi connectivity index (χ0v) is 19.0. The van der Waals surface area contributed by atoms with Gasteiger partial charge in [0.2, 0.25) is 5.91 Å². The maximum atomic E-state index is 13.5. The average molecular weight is 436 g/mol. The minimum atomic E-state index is -0.443. The van der Waals surface area contributed by atoms with Gasteiger partial charge in [-0.25, -0.2) is 4.98 Å². The van der Waals surface area contributed by atoms with Crippen molar-refractivity contribution in [2.75, 3.05) is 13.1 Å². The van der Waals surface area contributed by atoms with E-state index in [0.29, 0.717) is 29.1 Å². The Bertz CT molecular complexity index is 1100. The lowest BCUT2D eigenvalue weighted by molar-refractivity contribution is -0.130. The lowest BCUT2D eigenvalue weighted by atomic mass is 10.1. The molecule has 6 heteroatoms. The summed E-state index contributed by atoms with van der Waals surface area (Å²) in [6.45, 7) is 5.30. The van der Waals surface area contributed by atoms with Crippen molar-refractivity contribution in [2.45, 2.75) is 56.0 Å². The van der Waals surface area contributed by atoms with Gasteiger partial charge in [0.1, 0.15) is 5.25 Å². The van der Waals surface area contributed by atoms with E-state index >= 15 is 0 Å². The minimum Gasteiger partial charge on any atom is -0.342 e. The van der Waals surface area contributed by atoms with Crippen LogP contribution >= 0.6 is 11.8 Å². The summed E-state index contributed by atoms with van der Waals surface area (Å²) in [5.74, 6) is 0.0570. The first kappa shape index (κ1) is 21.6. The zero-order chi connectivity index (χ0) is 21.8.